The van der Waals surface area contributed by atoms with E-state index in [0.29, 0.717) is 0 Å². The summed E-state index contributed by atoms with van der Waals surface area (Å²) in [6.45, 7) is 7.76. The largest absolute Gasteiger partial charge is 0.303 e. The van der Waals surface area contributed by atoms with Crippen LogP contribution in [-0.4, -0.2) is 45.5 Å². The van der Waals surface area contributed by atoms with Crippen molar-refractivity contribution in [3.63, 3.8) is 0 Å². The summed E-state index contributed by atoms with van der Waals surface area (Å²) in [5, 5.41) is 11.1. The summed E-state index contributed by atoms with van der Waals surface area (Å²) in [5.74, 6) is 1.05. The molecule has 4 rings (SSSR count). The zero-order valence-corrected chi connectivity index (χ0v) is 16.3. The standard InChI is InChI=1S/C19H22N4S2/c1-13-5-7-15(8-6-13)16-18-17(20-14(2)25-18)19(22-21-16)24-12-11-23-9-3-4-10-23/h5-8H,3-4,9-12H2,1-2H3. The molecular weight excluding hydrogens is 348 g/mol. The number of aryl methyl sites for hydroxylation is 2. The Morgan fingerprint density at radius 1 is 1.08 bits per heavy atom. The average Bonchev–Trinajstić information content (AvgIpc) is 3.25. The van der Waals surface area contributed by atoms with E-state index in [2.05, 4.69) is 53.2 Å². The summed E-state index contributed by atoms with van der Waals surface area (Å²) in [6.07, 6.45) is 2.68. The zero-order chi connectivity index (χ0) is 17.2. The fourth-order valence-corrected chi connectivity index (χ4v) is 5.11. The lowest BCUT2D eigenvalue weighted by molar-refractivity contribution is 0.362. The smallest absolute Gasteiger partial charge is 0.146 e. The Labute approximate surface area is 156 Å². The number of rotatable bonds is 5. The number of hydrogen-bond acceptors (Lipinski definition) is 6. The second-order valence-electron chi connectivity index (χ2n) is 6.53. The van der Waals surface area contributed by atoms with Gasteiger partial charge in [-0.15, -0.1) is 33.3 Å². The minimum atomic E-state index is 0.949. The van der Waals surface area contributed by atoms with Gasteiger partial charge in [0.2, 0.25) is 0 Å². The van der Waals surface area contributed by atoms with E-state index in [1.54, 1.807) is 23.1 Å². The molecule has 2 aromatic heterocycles. The van der Waals surface area contributed by atoms with E-state index in [1.165, 1.54) is 31.5 Å². The van der Waals surface area contributed by atoms with Gasteiger partial charge in [-0.05, 0) is 39.8 Å². The molecule has 4 nitrogen and oxygen atoms in total. The molecule has 0 N–H and O–H groups in total. The van der Waals surface area contributed by atoms with Gasteiger partial charge in [-0.25, -0.2) is 4.98 Å². The second kappa shape index (κ2) is 7.40. The summed E-state index contributed by atoms with van der Waals surface area (Å²) in [4.78, 5) is 7.28. The Bertz CT molecular complexity index is 867. The SMILES string of the molecule is Cc1ccc(-c2nnc(SCCN3CCCC3)c3nc(C)sc23)cc1. The maximum Gasteiger partial charge on any atom is 0.146 e. The lowest BCUT2D eigenvalue weighted by atomic mass is 10.1. The van der Waals surface area contributed by atoms with Gasteiger partial charge in [0.25, 0.3) is 0 Å². The van der Waals surface area contributed by atoms with Crippen LogP contribution >= 0.6 is 23.1 Å². The number of thiazole rings is 1. The highest BCUT2D eigenvalue weighted by atomic mass is 32.2. The predicted octanol–water partition coefficient (Wildman–Crippen LogP) is 4.56. The minimum Gasteiger partial charge on any atom is -0.303 e. The lowest BCUT2D eigenvalue weighted by Crippen LogP contribution is -2.21. The van der Waals surface area contributed by atoms with Gasteiger partial charge in [0, 0.05) is 17.9 Å². The van der Waals surface area contributed by atoms with Crippen molar-refractivity contribution >= 4 is 33.3 Å². The Morgan fingerprint density at radius 3 is 2.60 bits per heavy atom. The van der Waals surface area contributed by atoms with Gasteiger partial charge in [0.15, 0.2) is 0 Å². The number of hydrogen-bond donors (Lipinski definition) is 0. The average molecular weight is 371 g/mol. The number of fused-ring (bicyclic) bond motifs is 1. The molecule has 1 aliphatic heterocycles. The first-order valence-electron chi connectivity index (χ1n) is 8.77. The fraction of sp³-hybridized carbons (Fsp3) is 0.421. The Kier molecular flexibility index (Phi) is 5.01. The summed E-state index contributed by atoms with van der Waals surface area (Å²) >= 11 is 3.50. The molecule has 0 amide bonds. The van der Waals surface area contributed by atoms with E-state index in [1.807, 2.05) is 0 Å². The van der Waals surface area contributed by atoms with Crippen LogP contribution in [0.1, 0.15) is 23.4 Å². The minimum absolute atomic E-state index is 0.949. The van der Waals surface area contributed by atoms with Crippen LogP contribution in [0.2, 0.25) is 0 Å². The van der Waals surface area contributed by atoms with Crippen LogP contribution in [-0.2, 0) is 0 Å². The third-order valence-corrected chi connectivity index (χ3v) is 6.48. The fourth-order valence-electron chi connectivity index (χ4n) is 3.20. The van der Waals surface area contributed by atoms with Crippen LogP contribution in [0.3, 0.4) is 0 Å². The molecule has 6 heteroatoms. The maximum absolute atomic E-state index is 4.75. The van der Waals surface area contributed by atoms with E-state index in [0.717, 1.165) is 43.8 Å². The molecule has 0 saturated carbocycles. The first kappa shape index (κ1) is 16.9. The van der Waals surface area contributed by atoms with E-state index in [9.17, 15) is 0 Å². The third kappa shape index (κ3) is 3.71. The Balaban J connectivity index is 1.61. The van der Waals surface area contributed by atoms with Crippen molar-refractivity contribution in [3.8, 4) is 11.3 Å². The van der Waals surface area contributed by atoms with E-state index < -0.39 is 0 Å². The van der Waals surface area contributed by atoms with Crippen molar-refractivity contribution in [2.45, 2.75) is 31.7 Å². The van der Waals surface area contributed by atoms with Crippen LogP contribution in [0.25, 0.3) is 21.5 Å². The molecule has 130 valence electrons. The van der Waals surface area contributed by atoms with Crippen molar-refractivity contribution in [3.05, 3.63) is 34.8 Å². The number of thioether (sulfide) groups is 1. The molecule has 0 radical (unpaired) electrons. The van der Waals surface area contributed by atoms with Crippen LogP contribution in [0, 0.1) is 13.8 Å². The molecule has 0 bridgehead atoms. The highest BCUT2D eigenvalue weighted by molar-refractivity contribution is 7.99. The monoisotopic (exact) mass is 370 g/mol. The van der Waals surface area contributed by atoms with Crippen molar-refractivity contribution in [2.24, 2.45) is 0 Å². The maximum atomic E-state index is 4.75. The summed E-state index contributed by atoms with van der Waals surface area (Å²) in [5.41, 5.74) is 4.33. The number of nitrogens with zero attached hydrogens (tertiary/aromatic N) is 4. The van der Waals surface area contributed by atoms with Crippen molar-refractivity contribution in [1.29, 1.82) is 0 Å². The summed E-state index contributed by atoms with van der Waals surface area (Å²) in [6, 6.07) is 8.48. The molecule has 3 heterocycles. The van der Waals surface area contributed by atoms with Gasteiger partial charge >= 0.3 is 0 Å². The van der Waals surface area contributed by atoms with Crippen molar-refractivity contribution < 1.29 is 0 Å². The number of aromatic nitrogens is 3. The molecule has 0 atom stereocenters. The number of likely N-dealkylation sites (tertiary alicyclic amines) is 1. The van der Waals surface area contributed by atoms with E-state index >= 15 is 0 Å². The van der Waals surface area contributed by atoms with Gasteiger partial charge in [-0.1, -0.05) is 29.8 Å². The topological polar surface area (TPSA) is 41.9 Å². The molecule has 25 heavy (non-hydrogen) atoms. The van der Waals surface area contributed by atoms with Gasteiger partial charge in [0.05, 0.1) is 9.71 Å². The molecule has 3 aromatic rings. The molecular formula is C19H22N4S2. The van der Waals surface area contributed by atoms with Crippen LogP contribution in [0.15, 0.2) is 29.3 Å². The highest BCUT2D eigenvalue weighted by Gasteiger charge is 2.17. The van der Waals surface area contributed by atoms with Crippen molar-refractivity contribution in [2.75, 3.05) is 25.4 Å². The van der Waals surface area contributed by atoms with Gasteiger partial charge in [0.1, 0.15) is 16.2 Å². The van der Waals surface area contributed by atoms with Gasteiger partial charge in [-0.3, -0.25) is 0 Å². The van der Waals surface area contributed by atoms with Gasteiger partial charge in [-0.2, -0.15) is 0 Å². The lowest BCUT2D eigenvalue weighted by Gasteiger charge is -2.13. The summed E-state index contributed by atoms with van der Waals surface area (Å²) in [7, 11) is 0. The zero-order valence-electron chi connectivity index (χ0n) is 14.7. The van der Waals surface area contributed by atoms with Crippen molar-refractivity contribution in [1.82, 2.24) is 20.1 Å². The first-order chi connectivity index (χ1) is 12.2. The first-order valence-corrected chi connectivity index (χ1v) is 10.6. The third-order valence-electron chi connectivity index (χ3n) is 4.56. The molecule has 1 saturated heterocycles. The summed E-state index contributed by atoms with van der Waals surface area (Å²) < 4.78 is 1.15. The second-order valence-corrected chi connectivity index (χ2v) is 8.81. The van der Waals surface area contributed by atoms with Crippen LogP contribution < -0.4 is 0 Å². The van der Waals surface area contributed by atoms with E-state index in [-0.39, 0.29) is 0 Å². The Morgan fingerprint density at radius 2 is 1.84 bits per heavy atom. The predicted molar refractivity (Wildman–Crippen MR) is 107 cm³/mol. The van der Waals surface area contributed by atoms with Crippen LogP contribution in [0.4, 0.5) is 0 Å². The normalized spacial score (nSPS) is 15.3. The molecule has 0 aliphatic carbocycles. The molecule has 0 unspecified atom stereocenters. The molecule has 1 aliphatic rings. The molecule has 1 fully saturated rings. The number of benzene rings is 1. The molecule has 0 spiro atoms. The van der Waals surface area contributed by atoms with E-state index in [4.69, 9.17) is 4.98 Å². The van der Waals surface area contributed by atoms with Crippen LogP contribution in [0.5, 0.6) is 0 Å². The molecule has 1 aromatic carbocycles. The Hall–Kier alpha value is -1.50. The quantitative estimate of drug-likeness (QED) is 0.616. The van der Waals surface area contributed by atoms with Gasteiger partial charge < -0.3 is 4.90 Å². The highest BCUT2D eigenvalue weighted by Crippen LogP contribution is 2.35.